The van der Waals surface area contributed by atoms with Crippen LogP contribution in [-0.2, 0) is 11.3 Å². The molecule has 1 aliphatic heterocycles. The van der Waals surface area contributed by atoms with Gasteiger partial charge in [-0.3, -0.25) is 14.5 Å². The van der Waals surface area contributed by atoms with Gasteiger partial charge in [-0.2, -0.15) is 0 Å². The summed E-state index contributed by atoms with van der Waals surface area (Å²) in [6, 6.07) is 20.2. The maximum atomic E-state index is 13.4. The Balaban J connectivity index is 1.69. The SMILES string of the molecule is CC(C)N(c1ccc(CN2C(=O)C(=O)c3cccc(-c4ccc(F)cc4)c32)cc1)C(C)C. The molecule has 3 aromatic rings. The molecule has 0 aliphatic carbocycles. The Morgan fingerprint density at radius 1 is 0.812 bits per heavy atom. The molecule has 0 N–H and O–H groups in total. The zero-order valence-corrected chi connectivity index (χ0v) is 18.8. The van der Waals surface area contributed by atoms with Crippen LogP contribution in [0.25, 0.3) is 11.1 Å². The van der Waals surface area contributed by atoms with E-state index in [2.05, 4.69) is 44.7 Å². The molecule has 4 rings (SSSR count). The Kier molecular flexibility index (Phi) is 5.83. The van der Waals surface area contributed by atoms with Crippen LogP contribution in [0.15, 0.2) is 66.7 Å². The van der Waals surface area contributed by atoms with Crippen molar-refractivity contribution in [1.29, 1.82) is 0 Å². The fourth-order valence-corrected chi connectivity index (χ4v) is 4.52. The van der Waals surface area contributed by atoms with Gasteiger partial charge in [-0.15, -0.1) is 0 Å². The van der Waals surface area contributed by atoms with E-state index >= 15 is 0 Å². The van der Waals surface area contributed by atoms with Gasteiger partial charge < -0.3 is 4.90 Å². The summed E-state index contributed by atoms with van der Waals surface area (Å²) in [5.74, 6) is -1.38. The second-order valence-electron chi connectivity index (χ2n) is 8.69. The normalized spacial score (nSPS) is 13.3. The smallest absolute Gasteiger partial charge is 0.299 e. The van der Waals surface area contributed by atoms with Crippen molar-refractivity contribution in [2.24, 2.45) is 0 Å². The van der Waals surface area contributed by atoms with E-state index in [4.69, 9.17) is 0 Å². The Labute approximate surface area is 188 Å². The lowest BCUT2D eigenvalue weighted by molar-refractivity contribution is -0.114. The number of Topliss-reactive ketones (excluding diaryl/α,β-unsaturated/α-hetero) is 1. The summed E-state index contributed by atoms with van der Waals surface area (Å²) < 4.78 is 13.4. The van der Waals surface area contributed by atoms with Gasteiger partial charge in [0, 0.05) is 23.3 Å². The van der Waals surface area contributed by atoms with E-state index in [1.54, 1.807) is 24.3 Å². The Morgan fingerprint density at radius 2 is 1.41 bits per heavy atom. The summed E-state index contributed by atoms with van der Waals surface area (Å²) in [6.07, 6.45) is 0. The number of rotatable bonds is 6. The summed E-state index contributed by atoms with van der Waals surface area (Å²) in [6.45, 7) is 8.94. The molecule has 0 radical (unpaired) electrons. The zero-order chi connectivity index (χ0) is 23.0. The number of para-hydroxylation sites is 1. The maximum Gasteiger partial charge on any atom is 0.299 e. The van der Waals surface area contributed by atoms with Gasteiger partial charge >= 0.3 is 0 Å². The second-order valence-corrected chi connectivity index (χ2v) is 8.69. The van der Waals surface area contributed by atoms with E-state index in [0.29, 0.717) is 29.9 Å². The minimum atomic E-state index is -0.537. The van der Waals surface area contributed by atoms with Crippen LogP contribution >= 0.6 is 0 Å². The molecule has 1 amide bonds. The van der Waals surface area contributed by atoms with E-state index in [-0.39, 0.29) is 5.82 Å². The topological polar surface area (TPSA) is 40.6 Å². The number of carbonyl (C=O) groups is 2. The van der Waals surface area contributed by atoms with Gasteiger partial charge in [-0.25, -0.2) is 4.39 Å². The average molecular weight is 431 g/mol. The molecule has 32 heavy (non-hydrogen) atoms. The zero-order valence-electron chi connectivity index (χ0n) is 18.8. The van der Waals surface area contributed by atoms with Crippen molar-refractivity contribution < 1.29 is 14.0 Å². The van der Waals surface area contributed by atoms with E-state index < -0.39 is 11.7 Å². The molecule has 0 aromatic heterocycles. The monoisotopic (exact) mass is 430 g/mol. The average Bonchev–Trinajstić information content (AvgIpc) is 3.00. The highest BCUT2D eigenvalue weighted by molar-refractivity contribution is 6.52. The number of ketones is 1. The third-order valence-electron chi connectivity index (χ3n) is 5.83. The largest absolute Gasteiger partial charge is 0.367 e. The van der Waals surface area contributed by atoms with Crippen molar-refractivity contribution >= 4 is 23.1 Å². The highest BCUT2D eigenvalue weighted by atomic mass is 19.1. The van der Waals surface area contributed by atoms with Crippen molar-refractivity contribution in [2.75, 3.05) is 9.80 Å². The Morgan fingerprint density at radius 3 is 2.00 bits per heavy atom. The van der Waals surface area contributed by atoms with Crippen LogP contribution in [0.3, 0.4) is 0 Å². The molecule has 0 saturated carbocycles. The highest BCUT2D eigenvalue weighted by Crippen LogP contribution is 2.39. The van der Waals surface area contributed by atoms with Crippen molar-refractivity contribution in [3.8, 4) is 11.1 Å². The molecule has 0 fully saturated rings. The molecule has 0 saturated heterocycles. The number of carbonyl (C=O) groups excluding carboxylic acids is 2. The molecule has 4 nitrogen and oxygen atoms in total. The number of nitrogens with zero attached hydrogens (tertiary/aromatic N) is 2. The van der Waals surface area contributed by atoms with Crippen molar-refractivity contribution in [2.45, 2.75) is 46.3 Å². The minimum absolute atomic E-state index is 0.291. The second kappa shape index (κ2) is 8.58. The van der Waals surface area contributed by atoms with E-state index in [9.17, 15) is 14.0 Å². The van der Waals surface area contributed by atoms with Gasteiger partial charge in [0.1, 0.15) is 5.82 Å². The van der Waals surface area contributed by atoms with E-state index in [1.165, 1.54) is 17.0 Å². The lowest BCUT2D eigenvalue weighted by Gasteiger charge is -2.33. The third kappa shape index (κ3) is 3.91. The van der Waals surface area contributed by atoms with Crippen molar-refractivity contribution in [3.05, 3.63) is 83.7 Å². The van der Waals surface area contributed by atoms with Gasteiger partial charge in [0.2, 0.25) is 0 Å². The van der Waals surface area contributed by atoms with Gasteiger partial charge in [-0.1, -0.05) is 36.4 Å². The number of amides is 1. The maximum absolute atomic E-state index is 13.4. The highest BCUT2D eigenvalue weighted by Gasteiger charge is 2.37. The molecule has 0 spiro atoms. The third-order valence-corrected chi connectivity index (χ3v) is 5.83. The number of fused-ring (bicyclic) bond motifs is 1. The van der Waals surface area contributed by atoms with Crippen LogP contribution in [0.4, 0.5) is 15.8 Å². The lowest BCUT2D eigenvalue weighted by atomic mass is 9.99. The van der Waals surface area contributed by atoms with Crippen LogP contribution in [0.1, 0.15) is 43.6 Å². The summed E-state index contributed by atoms with van der Waals surface area (Å²) in [7, 11) is 0. The summed E-state index contributed by atoms with van der Waals surface area (Å²) in [4.78, 5) is 29.4. The van der Waals surface area contributed by atoms with Crippen LogP contribution < -0.4 is 9.80 Å². The first kappa shape index (κ1) is 21.8. The molecule has 0 atom stereocenters. The molecular formula is C27H27FN2O2. The van der Waals surface area contributed by atoms with Crippen LogP contribution in [0.2, 0.25) is 0 Å². The minimum Gasteiger partial charge on any atom is -0.367 e. The van der Waals surface area contributed by atoms with Crippen LogP contribution in [0, 0.1) is 5.82 Å². The van der Waals surface area contributed by atoms with Crippen LogP contribution in [0.5, 0.6) is 0 Å². The van der Waals surface area contributed by atoms with E-state index in [1.807, 2.05) is 18.2 Å². The molecule has 1 heterocycles. The van der Waals surface area contributed by atoms with Gasteiger partial charge in [0.05, 0.1) is 17.8 Å². The fourth-order valence-electron chi connectivity index (χ4n) is 4.52. The van der Waals surface area contributed by atoms with Crippen molar-refractivity contribution in [1.82, 2.24) is 0 Å². The van der Waals surface area contributed by atoms with Crippen LogP contribution in [-0.4, -0.2) is 23.8 Å². The first-order valence-electron chi connectivity index (χ1n) is 10.9. The number of benzene rings is 3. The Hall–Kier alpha value is -3.47. The molecule has 1 aliphatic rings. The Bertz CT molecular complexity index is 1140. The van der Waals surface area contributed by atoms with Crippen molar-refractivity contribution in [3.63, 3.8) is 0 Å². The molecule has 0 unspecified atom stereocenters. The van der Waals surface area contributed by atoms with Gasteiger partial charge in [0.15, 0.2) is 0 Å². The fraction of sp³-hybridized carbons (Fsp3) is 0.259. The molecule has 5 heteroatoms. The molecule has 164 valence electrons. The number of hydrogen-bond acceptors (Lipinski definition) is 3. The first-order valence-corrected chi connectivity index (χ1v) is 10.9. The molecule has 0 bridgehead atoms. The van der Waals surface area contributed by atoms with Gasteiger partial charge in [0.25, 0.3) is 11.7 Å². The number of hydrogen-bond donors (Lipinski definition) is 0. The molecule has 3 aromatic carbocycles. The predicted octanol–water partition coefficient (Wildman–Crippen LogP) is 5.85. The lowest BCUT2D eigenvalue weighted by Crippen LogP contribution is -2.37. The quantitative estimate of drug-likeness (QED) is 0.461. The van der Waals surface area contributed by atoms with Gasteiger partial charge in [-0.05, 0) is 69.2 Å². The standard InChI is InChI=1S/C27H27FN2O2/c1-17(2)30(18(3)4)22-14-8-19(9-15-22)16-29-25-23(20-10-12-21(28)13-11-20)6-5-7-24(25)26(31)27(29)32/h5-15,17-18H,16H2,1-4H3. The summed E-state index contributed by atoms with van der Waals surface area (Å²) in [5, 5.41) is 0. The van der Waals surface area contributed by atoms with E-state index in [0.717, 1.165) is 22.4 Å². The summed E-state index contributed by atoms with van der Waals surface area (Å²) in [5.41, 5.74) is 4.53. The molecular weight excluding hydrogens is 403 g/mol. The first-order chi connectivity index (χ1) is 15.3. The number of halogens is 1. The predicted molar refractivity (Wildman–Crippen MR) is 127 cm³/mol. The number of anilines is 2. The summed E-state index contributed by atoms with van der Waals surface area (Å²) >= 11 is 0.